The van der Waals surface area contributed by atoms with E-state index >= 15 is 0 Å². The predicted molar refractivity (Wildman–Crippen MR) is 187 cm³/mol. The molecule has 0 N–H and O–H groups in total. The molecule has 3 nitrogen and oxygen atoms in total. The Morgan fingerprint density at radius 3 is 2.18 bits per heavy atom. The molecule has 45 heavy (non-hydrogen) atoms. The molecular weight excluding hydrogens is 749 g/mol. The summed E-state index contributed by atoms with van der Waals surface area (Å²) >= 11 is 1.85. The van der Waals surface area contributed by atoms with Crippen LogP contribution in [0.2, 0.25) is 0 Å². The Morgan fingerprint density at radius 2 is 1.49 bits per heavy atom. The molecule has 0 spiro atoms. The van der Waals surface area contributed by atoms with Crippen LogP contribution in [0.4, 0.5) is 0 Å². The molecule has 0 saturated heterocycles. The summed E-state index contributed by atoms with van der Waals surface area (Å²) in [6.45, 7) is 19.5. The quantitative estimate of drug-likeness (QED) is 0.164. The average molecular weight is 787 g/mol. The standard InChI is InChI=1S/C26H24NOS.C14H14N.Ir/c1-14-13-27-21(12-20(14)26(4,5)6)18-8-7-9-19-23-22(28-24(18)19)11-10-17-15(2)16(3)29-25(17)23;1-10-4-6-13(7-5-10)14-8-11(2)12(3)9-15-14;/h7,9-13H,1-6H3;4-6,8-9H,1-3H3;/q2*-1;. The molecule has 4 heterocycles. The first kappa shape index (κ1) is 32.8. The van der Waals surface area contributed by atoms with Crippen LogP contribution in [0.5, 0.6) is 0 Å². The number of hydrogen-bond donors (Lipinski definition) is 0. The largest absolute Gasteiger partial charge is 0.501 e. The van der Waals surface area contributed by atoms with Crippen LogP contribution in [0.3, 0.4) is 0 Å². The van der Waals surface area contributed by atoms with Gasteiger partial charge in [-0.3, -0.25) is 0 Å². The fourth-order valence-electron chi connectivity index (χ4n) is 5.71. The fraction of sp³-hybridized carbons (Fsp3) is 0.250. The number of fused-ring (bicyclic) bond motifs is 5. The summed E-state index contributed by atoms with van der Waals surface area (Å²) in [4.78, 5) is 10.5. The summed E-state index contributed by atoms with van der Waals surface area (Å²) in [5, 5.41) is 3.66. The summed E-state index contributed by atoms with van der Waals surface area (Å²) in [5.74, 6) is 0. The molecule has 0 fully saturated rings. The van der Waals surface area contributed by atoms with Crippen molar-refractivity contribution in [2.24, 2.45) is 0 Å². The number of nitrogens with zero attached hydrogens (tertiary/aromatic N) is 2. The van der Waals surface area contributed by atoms with Crippen LogP contribution in [-0.2, 0) is 25.5 Å². The molecule has 231 valence electrons. The molecule has 0 saturated carbocycles. The van der Waals surface area contributed by atoms with Crippen LogP contribution < -0.4 is 0 Å². The van der Waals surface area contributed by atoms with Crippen LogP contribution >= 0.6 is 11.3 Å². The molecule has 4 aromatic heterocycles. The van der Waals surface area contributed by atoms with Gasteiger partial charge in [-0.25, -0.2) is 0 Å². The third kappa shape index (κ3) is 6.27. The van der Waals surface area contributed by atoms with Gasteiger partial charge in [-0.2, -0.15) is 0 Å². The number of pyridine rings is 2. The summed E-state index contributed by atoms with van der Waals surface area (Å²) in [7, 11) is 0. The monoisotopic (exact) mass is 787 g/mol. The molecule has 0 aliphatic rings. The number of furan rings is 1. The van der Waals surface area contributed by atoms with E-state index in [9.17, 15) is 0 Å². The minimum atomic E-state index is 0. The van der Waals surface area contributed by atoms with Crippen molar-refractivity contribution in [3.05, 3.63) is 117 Å². The normalized spacial score (nSPS) is 11.5. The average Bonchev–Trinajstić information content (AvgIpc) is 3.51. The first-order valence-electron chi connectivity index (χ1n) is 15.1. The van der Waals surface area contributed by atoms with Gasteiger partial charge in [0.25, 0.3) is 0 Å². The number of benzene rings is 3. The van der Waals surface area contributed by atoms with Crippen molar-refractivity contribution in [2.75, 3.05) is 0 Å². The van der Waals surface area contributed by atoms with Crippen molar-refractivity contribution in [3.63, 3.8) is 0 Å². The van der Waals surface area contributed by atoms with E-state index in [1.165, 1.54) is 53.7 Å². The zero-order valence-corrected chi connectivity index (χ0v) is 30.6. The van der Waals surface area contributed by atoms with Crippen molar-refractivity contribution in [1.82, 2.24) is 9.97 Å². The molecule has 7 rings (SSSR count). The van der Waals surface area contributed by atoms with Gasteiger partial charge < -0.3 is 14.4 Å². The Morgan fingerprint density at radius 1 is 0.756 bits per heavy atom. The van der Waals surface area contributed by atoms with Crippen molar-refractivity contribution in [2.45, 2.75) is 67.7 Å². The van der Waals surface area contributed by atoms with Crippen LogP contribution in [0.1, 0.15) is 59.0 Å². The maximum absolute atomic E-state index is 6.39. The van der Waals surface area contributed by atoms with E-state index in [0.717, 1.165) is 39.1 Å². The second-order valence-corrected chi connectivity index (χ2v) is 14.1. The molecule has 1 radical (unpaired) electrons. The van der Waals surface area contributed by atoms with E-state index in [4.69, 9.17) is 9.40 Å². The number of aromatic nitrogens is 2. The number of aryl methyl sites for hydroxylation is 6. The minimum Gasteiger partial charge on any atom is -0.501 e. The third-order valence-electron chi connectivity index (χ3n) is 8.52. The van der Waals surface area contributed by atoms with Gasteiger partial charge in [0.1, 0.15) is 5.58 Å². The van der Waals surface area contributed by atoms with Crippen LogP contribution in [0.15, 0.2) is 71.4 Å². The van der Waals surface area contributed by atoms with Crippen molar-refractivity contribution in [3.8, 4) is 22.5 Å². The van der Waals surface area contributed by atoms with Crippen molar-refractivity contribution < 1.29 is 24.5 Å². The van der Waals surface area contributed by atoms with Crippen LogP contribution in [0, 0.1) is 53.7 Å². The zero-order chi connectivity index (χ0) is 31.3. The molecule has 0 unspecified atom stereocenters. The Hall–Kier alpha value is -3.63. The van der Waals surface area contributed by atoms with Gasteiger partial charge in [-0.15, -0.1) is 64.9 Å². The maximum atomic E-state index is 6.39. The van der Waals surface area contributed by atoms with Crippen molar-refractivity contribution in [1.29, 1.82) is 0 Å². The molecule has 7 aromatic rings. The minimum absolute atomic E-state index is 0. The summed E-state index contributed by atoms with van der Waals surface area (Å²) in [5.41, 5.74) is 13.4. The molecule has 0 atom stereocenters. The van der Waals surface area contributed by atoms with Gasteiger partial charge in [0.05, 0.1) is 5.58 Å². The predicted octanol–water partition coefficient (Wildman–Crippen LogP) is 11.4. The second-order valence-electron chi connectivity index (χ2n) is 12.9. The maximum Gasteiger partial charge on any atom is 0.122 e. The van der Waals surface area contributed by atoms with E-state index in [2.05, 4.69) is 122 Å². The van der Waals surface area contributed by atoms with Gasteiger partial charge in [0.2, 0.25) is 0 Å². The fourth-order valence-corrected chi connectivity index (χ4v) is 6.93. The van der Waals surface area contributed by atoms with E-state index in [-0.39, 0.29) is 25.5 Å². The second kappa shape index (κ2) is 12.6. The topological polar surface area (TPSA) is 38.9 Å². The number of hydrogen-bond acceptors (Lipinski definition) is 4. The molecule has 5 heteroatoms. The molecule has 0 bridgehead atoms. The molecule has 3 aromatic carbocycles. The third-order valence-corrected chi connectivity index (χ3v) is 9.76. The van der Waals surface area contributed by atoms with Crippen LogP contribution in [0.25, 0.3) is 54.5 Å². The van der Waals surface area contributed by atoms with Gasteiger partial charge in [0, 0.05) is 47.5 Å². The van der Waals surface area contributed by atoms with Gasteiger partial charge in [-0.05, 0) is 91.2 Å². The zero-order valence-electron chi connectivity index (χ0n) is 27.4. The Bertz CT molecular complexity index is 2160. The Labute approximate surface area is 284 Å². The van der Waals surface area contributed by atoms with Gasteiger partial charge in [0.15, 0.2) is 0 Å². The Balaban J connectivity index is 0.000000212. The Kier molecular flexibility index (Phi) is 9.20. The van der Waals surface area contributed by atoms with E-state index in [1.807, 2.05) is 35.9 Å². The van der Waals surface area contributed by atoms with Crippen LogP contribution in [-0.4, -0.2) is 9.97 Å². The first-order valence-corrected chi connectivity index (χ1v) is 15.9. The molecular formula is C40H38IrN2OS-2. The van der Waals surface area contributed by atoms with E-state index < -0.39 is 0 Å². The van der Waals surface area contributed by atoms with Gasteiger partial charge in [-0.1, -0.05) is 56.3 Å². The first-order chi connectivity index (χ1) is 20.9. The summed E-state index contributed by atoms with van der Waals surface area (Å²) in [6, 6.07) is 25.5. The van der Waals surface area contributed by atoms with E-state index in [1.54, 1.807) is 0 Å². The molecule has 0 amide bonds. The number of rotatable bonds is 2. The van der Waals surface area contributed by atoms with E-state index in [0.29, 0.717) is 0 Å². The SMILES string of the molecule is Cc1c[c-]c(-c2cc(C)c(C)cn2)cc1.Cc1cnc(-c2[c-]ccc3c2oc2ccc4c(C)c(C)sc4c23)cc1C(C)(C)C.[Ir]. The molecule has 0 aliphatic carbocycles. The van der Waals surface area contributed by atoms with Gasteiger partial charge >= 0.3 is 0 Å². The molecule has 0 aliphatic heterocycles. The van der Waals surface area contributed by atoms with Crippen molar-refractivity contribution >= 4 is 43.4 Å². The summed E-state index contributed by atoms with van der Waals surface area (Å²) in [6.07, 6.45) is 3.88. The summed E-state index contributed by atoms with van der Waals surface area (Å²) < 4.78 is 7.69. The number of thiophene rings is 1. The smallest absolute Gasteiger partial charge is 0.122 e.